The molecule has 0 spiro atoms. The zero-order valence-corrected chi connectivity index (χ0v) is 10.1. The van der Waals surface area contributed by atoms with Crippen LogP contribution in [0, 0.1) is 5.92 Å². The molecule has 92 valence electrons. The van der Waals surface area contributed by atoms with E-state index in [1.807, 2.05) is 0 Å². The zero-order chi connectivity index (χ0) is 11.8. The Kier molecular flexibility index (Phi) is 5.75. The van der Waals surface area contributed by atoms with Gasteiger partial charge in [0.1, 0.15) is 0 Å². The summed E-state index contributed by atoms with van der Waals surface area (Å²) in [5, 5.41) is 0. The van der Waals surface area contributed by atoms with Crippen LogP contribution in [0.1, 0.15) is 51.9 Å². The molecule has 0 fully saturated rings. The van der Waals surface area contributed by atoms with Crippen LogP contribution in [0.15, 0.2) is 11.8 Å². The van der Waals surface area contributed by atoms with E-state index >= 15 is 0 Å². The highest BCUT2D eigenvalue weighted by atomic mass is 16.2. The van der Waals surface area contributed by atoms with E-state index in [1.54, 1.807) is 0 Å². The number of allylic oxidation sites excluding steroid dienone is 2. The first kappa shape index (κ1) is 12.9. The molecule has 2 amide bonds. The second-order valence-corrected chi connectivity index (χ2v) is 4.40. The van der Waals surface area contributed by atoms with Crippen molar-refractivity contribution in [2.24, 2.45) is 11.7 Å². The molecule has 0 aliphatic heterocycles. The van der Waals surface area contributed by atoms with Crippen molar-refractivity contribution in [3.05, 3.63) is 11.8 Å². The largest absolute Gasteiger partial charge is 0.350 e. The Morgan fingerprint density at radius 1 is 1.50 bits per heavy atom. The predicted octanol–water partition coefficient (Wildman–Crippen LogP) is 2.42. The molecule has 1 rings (SSSR count). The molecule has 0 heterocycles. The molecule has 4 N–H and O–H groups in total. The number of hydrogen-bond acceptors (Lipinski definition) is 2. The molecule has 1 atom stereocenters. The Bertz CT molecular complexity index is 251. The van der Waals surface area contributed by atoms with Crippen LogP contribution in [-0.4, -0.2) is 6.03 Å². The summed E-state index contributed by atoms with van der Waals surface area (Å²) in [6.07, 6.45) is 10.8. The number of carbonyl (C=O) groups is 1. The molecule has 4 nitrogen and oxygen atoms in total. The highest BCUT2D eigenvalue weighted by Crippen LogP contribution is 2.28. The fourth-order valence-electron chi connectivity index (χ4n) is 2.17. The lowest BCUT2D eigenvalue weighted by Gasteiger charge is -2.16. The standard InChI is InChI=1S/C12H23N3O/c1-2-3-4-5-7-10-8-6-9-11(10)14-15-12(13)16/h9-10,14H,2-8H2,1H3,(H3,13,15,16)/t10-/m0/s1. The van der Waals surface area contributed by atoms with Gasteiger partial charge in [0, 0.05) is 11.6 Å². The number of carbonyl (C=O) groups excluding carboxylic acids is 1. The van der Waals surface area contributed by atoms with Gasteiger partial charge < -0.3 is 11.2 Å². The van der Waals surface area contributed by atoms with Gasteiger partial charge in [0.15, 0.2) is 0 Å². The van der Waals surface area contributed by atoms with Crippen molar-refractivity contribution < 1.29 is 4.79 Å². The van der Waals surface area contributed by atoms with Gasteiger partial charge in [-0.1, -0.05) is 38.7 Å². The maximum Gasteiger partial charge on any atom is 0.330 e. The fourth-order valence-corrected chi connectivity index (χ4v) is 2.17. The first-order chi connectivity index (χ1) is 7.74. The molecule has 1 aliphatic carbocycles. The Morgan fingerprint density at radius 2 is 2.31 bits per heavy atom. The SMILES string of the molecule is CCCCCC[C@H]1CCC=C1NNC(N)=O. The molecule has 1 aliphatic rings. The lowest BCUT2D eigenvalue weighted by Crippen LogP contribution is -2.41. The Labute approximate surface area is 97.6 Å². The van der Waals surface area contributed by atoms with Gasteiger partial charge in [0.05, 0.1) is 0 Å². The molecule has 0 aromatic carbocycles. The van der Waals surface area contributed by atoms with Crippen molar-refractivity contribution in [1.82, 2.24) is 10.9 Å². The Hall–Kier alpha value is -1.19. The van der Waals surface area contributed by atoms with E-state index < -0.39 is 6.03 Å². The molecular formula is C12H23N3O. The third-order valence-corrected chi connectivity index (χ3v) is 3.06. The molecule has 0 aromatic rings. The summed E-state index contributed by atoms with van der Waals surface area (Å²) in [4.78, 5) is 10.6. The van der Waals surface area contributed by atoms with Gasteiger partial charge in [-0.3, -0.25) is 5.43 Å². The molecule has 0 saturated carbocycles. The number of nitrogens with one attached hydrogen (secondary N) is 2. The van der Waals surface area contributed by atoms with Crippen LogP contribution in [0.25, 0.3) is 0 Å². The van der Waals surface area contributed by atoms with Gasteiger partial charge in [-0.25, -0.2) is 4.79 Å². The average Bonchev–Trinajstić information content (AvgIpc) is 2.69. The van der Waals surface area contributed by atoms with Crippen LogP contribution in [-0.2, 0) is 0 Å². The van der Waals surface area contributed by atoms with Crippen LogP contribution in [0.3, 0.4) is 0 Å². The molecule has 0 saturated heterocycles. The van der Waals surface area contributed by atoms with Crippen molar-refractivity contribution in [1.29, 1.82) is 0 Å². The molecule has 4 heteroatoms. The molecule has 16 heavy (non-hydrogen) atoms. The monoisotopic (exact) mass is 225 g/mol. The van der Waals surface area contributed by atoms with Gasteiger partial charge in [-0.05, 0) is 19.3 Å². The van der Waals surface area contributed by atoms with E-state index in [0.29, 0.717) is 5.92 Å². The minimum Gasteiger partial charge on any atom is -0.350 e. The molecule has 0 aromatic heterocycles. The first-order valence-corrected chi connectivity index (χ1v) is 6.25. The number of nitrogens with two attached hydrogens (primary N) is 1. The molecule has 0 bridgehead atoms. The smallest absolute Gasteiger partial charge is 0.330 e. The topological polar surface area (TPSA) is 67.2 Å². The van der Waals surface area contributed by atoms with Crippen LogP contribution in [0.5, 0.6) is 0 Å². The maximum absolute atomic E-state index is 10.6. The second kappa shape index (κ2) is 7.14. The second-order valence-electron chi connectivity index (χ2n) is 4.40. The lowest BCUT2D eigenvalue weighted by atomic mass is 9.98. The predicted molar refractivity (Wildman–Crippen MR) is 65.4 cm³/mol. The Morgan fingerprint density at radius 3 is 3.00 bits per heavy atom. The number of urea groups is 1. The number of amides is 2. The van der Waals surface area contributed by atoms with Crippen LogP contribution in [0.2, 0.25) is 0 Å². The third kappa shape index (κ3) is 4.55. The van der Waals surface area contributed by atoms with Crippen molar-refractivity contribution >= 4 is 6.03 Å². The number of hydrogen-bond donors (Lipinski definition) is 3. The van der Waals surface area contributed by atoms with Crippen LogP contribution >= 0.6 is 0 Å². The van der Waals surface area contributed by atoms with Crippen molar-refractivity contribution in [3.63, 3.8) is 0 Å². The van der Waals surface area contributed by atoms with E-state index in [2.05, 4.69) is 23.9 Å². The Balaban J connectivity index is 2.20. The first-order valence-electron chi connectivity index (χ1n) is 6.25. The van der Waals surface area contributed by atoms with Gasteiger partial charge in [-0.2, -0.15) is 0 Å². The minimum absolute atomic E-state index is 0.530. The van der Waals surface area contributed by atoms with Crippen molar-refractivity contribution in [3.8, 4) is 0 Å². The van der Waals surface area contributed by atoms with Crippen molar-refractivity contribution in [2.75, 3.05) is 0 Å². The van der Waals surface area contributed by atoms with Gasteiger partial charge >= 0.3 is 6.03 Å². The quantitative estimate of drug-likeness (QED) is 0.460. The summed E-state index contributed by atoms with van der Waals surface area (Å²) in [6.45, 7) is 2.22. The van der Waals surface area contributed by atoms with Gasteiger partial charge in [-0.15, -0.1) is 0 Å². The van der Waals surface area contributed by atoms with Gasteiger partial charge in [0.25, 0.3) is 0 Å². The van der Waals surface area contributed by atoms with E-state index in [1.165, 1.54) is 38.5 Å². The number of hydrazine groups is 1. The van der Waals surface area contributed by atoms with E-state index in [0.717, 1.165) is 12.1 Å². The number of unbranched alkanes of at least 4 members (excludes halogenated alkanes) is 3. The summed E-state index contributed by atoms with van der Waals surface area (Å²) in [5.74, 6) is 0.573. The number of primary amides is 1. The summed E-state index contributed by atoms with van der Waals surface area (Å²) in [5.41, 5.74) is 11.5. The number of rotatable bonds is 7. The summed E-state index contributed by atoms with van der Waals surface area (Å²) >= 11 is 0. The van der Waals surface area contributed by atoms with Crippen LogP contribution < -0.4 is 16.6 Å². The lowest BCUT2D eigenvalue weighted by molar-refractivity contribution is 0.245. The van der Waals surface area contributed by atoms with E-state index in [9.17, 15) is 4.79 Å². The fraction of sp³-hybridized carbons (Fsp3) is 0.750. The summed E-state index contributed by atoms with van der Waals surface area (Å²) in [7, 11) is 0. The van der Waals surface area contributed by atoms with E-state index in [4.69, 9.17) is 5.73 Å². The maximum atomic E-state index is 10.6. The van der Waals surface area contributed by atoms with Crippen molar-refractivity contribution in [2.45, 2.75) is 51.9 Å². The highest BCUT2D eigenvalue weighted by molar-refractivity contribution is 5.71. The normalized spacial score (nSPS) is 19.3. The molecule has 0 radical (unpaired) electrons. The summed E-state index contributed by atoms with van der Waals surface area (Å²) < 4.78 is 0. The van der Waals surface area contributed by atoms with Crippen LogP contribution in [0.4, 0.5) is 4.79 Å². The van der Waals surface area contributed by atoms with E-state index in [-0.39, 0.29) is 0 Å². The molecular weight excluding hydrogens is 202 g/mol. The highest BCUT2D eigenvalue weighted by Gasteiger charge is 2.18. The molecule has 0 unspecified atom stereocenters. The minimum atomic E-state index is -0.530. The average molecular weight is 225 g/mol. The van der Waals surface area contributed by atoms with Gasteiger partial charge in [0.2, 0.25) is 0 Å². The third-order valence-electron chi connectivity index (χ3n) is 3.06. The zero-order valence-electron chi connectivity index (χ0n) is 10.1. The summed E-state index contributed by atoms with van der Waals surface area (Å²) in [6, 6.07) is -0.530.